The number of pyridine rings is 1. The van der Waals surface area contributed by atoms with Crippen LogP contribution in [0.25, 0.3) is 33.5 Å². The van der Waals surface area contributed by atoms with Crippen LogP contribution in [0.2, 0.25) is 0 Å². The van der Waals surface area contributed by atoms with Gasteiger partial charge in [0, 0.05) is 17.3 Å². The Hall–Kier alpha value is -3.19. The van der Waals surface area contributed by atoms with Crippen LogP contribution < -0.4 is 0 Å². The van der Waals surface area contributed by atoms with Crippen LogP contribution in [0.3, 0.4) is 0 Å². The summed E-state index contributed by atoms with van der Waals surface area (Å²) < 4.78 is 0. The van der Waals surface area contributed by atoms with Crippen molar-refractivity contribution in [2.75, 3.05) is 0 Å². The quantitative estimate of drug-likeness (QED) is 0.426. The molecule has 3 aromatic carbocycles. The second kappa shape index (κ2) is 6.74. The van der Waals surface area contributed by atoms with E-state index in [1.807, 2.05) is 18.3 Å². The Bertz CT molecular complexity index is 989. The van der Waals surface area contributed by atoms with Crippen LogP contribution in [0.1, 0.15) is 5.56 Å². The molecular formula is C24H19N. The number of benzene rings is 3. The molecule has 1 heteroatoms. The van der Waals surface area contributed by atoms with E-state index in [1.54, 1.807) is 0 Å². The van der Waals surface area contributed by atoms with Crippen LogP contribution in [0.15, 0.2) is 97.2 Å². The molecule has 0 unspecified atom stereocenters. The molecule has 4 rings (SSSR count). The largest absolute Gasteiger partial charge is 0.255 e. The summed E-state index contributed by atoms with van der Waals surface area (Å²) in [5, 5.41) is 0. The van der Waals surface area contributed by atoms with Crippen molar-refractivity contribution < 1.29 is 0 Å². The van der Waals surface area contributed by atoms with E-state index in [4.69, 9.17) is 4.98 Å². The lowest BCUT2D eigenvalue weighted by molar-refractivity contribution is 1.27. The van der Waals surface area contributed by atoms with Crippen LogP contribution in [0, 0.1) is 6.92 Å². The molecule has 0 atom stereocenters. The molecule has 1 aromatic heterocycles. The summed E-state index contributed by atoms with van der Waals surface area (Å²) in [4.78, 5) is 4.76. The molecule has 1 nitrogen and oxygen atoms in total. The van der Waals surface area contributed by atoms with E-state index in [2.05, 4.69) is 85.8 Å². The second-order valence-corrected chi connectivity index (χ2v) is 6.20. The fourth-order valence-corrected chi connectivity index (χ4v) is 3.14. The number of aromatic nitrogens is 1. The predicted molar refractivity (Wildman–Crippen MR) is 105 cm³/mol. The van der Waals surface area contributed by atoms with E-state index in [0.29, 0.717) is 0 Å². The minimum absolute atomic E-state index is 1.04. The SMILES string of the molecule is Cc1cc(-c2ccccc2)cnc1-c1cccc(-c2ccccc2)c1. The van der Waals surface area contributed by atoms with Gasteiger partial charge in [-0.3, -0.25) is 4.98 Å². The molecule has 0 fully saturated rings. The number of rotatable bonds is 3. The summed E-state index contributed by atoms with van der Waals surface area (Å²) in [5.41, 5.74) is 8.17. The molecule has 25 heavy (non-hydrogen) atoms. The summed E-state index contributed by atoms with van der Waals surface area (Å²) in [6.45, 7) is 2.13. The van der Waals surface area contributed by atoms with Crippen LogP contribution in [0.5, 0.6) is 0 Å². The van der Waals surface area contributed by atoms with Gasteiger partial charge in [-0.25, -0.2) is 0 Å². The van der Waals surface area contributed by atoms with E-state index in [-0.39, 0.29) is 0 Å². The Kier molecular flexibility index (Phi) is 4.14. The summed E-state index contributed by atoms with van der Waals surface area (Å²) in [6, 6.07) is 31.6. The smallest absolute Gasteiger partial charge is 0.0731 e. The minimum Gasteiger partial charge on any atom is -0.255 e. The molecular weight excluding hydrogens is 302 g/mol. The Morgan fingerprint density at radius 1 is 0.520 bits per heavy atom. The molecule has 120 valence electrons. The lowest BCUT2D eigenvalue weighted by Gasteiger charge is -2.10. The maximum absolute atomic E-state index is 4.76. The molecule has 0 spiro atoms. The van der Waals surface area contributed by atoms with Gasteiger partial charge in [-0.1, -0.05) is 78.9 Å². The van der Waals surface area contributed by atoms with Gasteiger partial charge in [0.25, 0.3) is 0 Å². The highest BCUT2D eigenvalue weighted by Crippen LogP contribution is 2.29. The summed E-state index contributed by atoms with van der Waals surface area (Å²) >= 11 is 0. The van der Waals surface area contributed by atoms with Crippen molar-refractivity contribution in [1.82, 2.24) is 4.98 Å². The summed E-state index contributed by atoms with van der Waals surface area (Å²) in [7, 11) is 0. The highest BCUT2D eigenvalue weighted by molar-refractivity contribution is 5.74. The second-order valence-electron chi connectivity index (χ2n) is 6.20. The van der Waals surface area contributed by atoms with Crippen molar-refractivity contribution in [1.29, 1.82) is 0 Å². The number of aryl methyl sites for hydroxylation is 1. The zero-order valence-electron chi connectivity index (χ0n) is 14.2. The monoisotopic (exact) mass is 321 g/mol. The van der Waals surface area contributed by atoms with Crippen molar-refractivity contribution in [3.63, 3.8) is 0 Å². The van der Waals surface area contributed by atoms with E-state index < -0.39 is 0 Å². The fourth-order valence-electron chi connectivity index (χ4n) is 3.14. The normalized spacial score (nSPS) is 10.6. The first kappa shape index (κ1) is 15.3. The average molecular weight is 321 g/mol. The molecule has 0 bridgehead atoms. The van der Waals surface area contributed by atoms with Gasteiger partial charge in [0.2, 0.25) is 0 Å². The molecule has 0 amide bonds. The lowest BCUT2D eigenvalue weighted by Crippen LogP contribution is -1.91. The fraction of sp³-hybridized carbons (Fsp3) is 0.0417. The Labute approximate surface area is 148 Å². The number of nitrogens with zero attached hydrogens (tertiary/aromatic N) is 1. The van der Waals surface area contributed by atoms with Crippen LogP contribution >= 0.6 is 0 Å². The van der Waals surface area contributed by atoms with Gasteiger partial charge in [0.15, 0.2) is 0 Å². The van der Waals surface area contributed by atoms with Gasteiger partial charge in [-0.2, -0.15) is 0 Å². The van der Waals surface area contributed by atoms with E-state index in [0.717, 1.165) is 16.8 Å². The standard InChI is InChI=1S/C24H19N/c1-18-15-23(20-11-6-3-7-12-20)17-25-24(18)22-14-8-13-21(16-22)19-9-4-2-5-10-19/h2-17H,1H3. The summed E-state index contributed by atoms with van der Waals surface area (Å²) in [5.74, 6) is 0. The minimum atomic E-state index is 1.04. The maximum atomic E-state index is 4.76. The van der Waals surface area contributed by atoms with Gasteiger partial charge < -0.3 is 0 Å². The van der Waals surface area contributed by atoms with Gasteiger partial charge in [-0.05, 0) is 41.3 Å². The highest BCUT2D eigenvalue weighted by atomic mass is 14.7. The van der Waals surface area contributed by atoms with Crippen molar-refractivity contribution in [3.8, 4) is 33.5 Å². The molecule has 4 aromatic rings. The van der Waals surface area contributed by atoms with Gasteiger partial charge in [0.1, 0.15) is 0 Å². The van der Waals surface area contributed by atoms with Crippen LogP contribution in [0.4, 0.5) is 0 Å². The van der Waals surface area contributed by atoms with Crippen molar-refractivity contribution in [2.24, 2.45) is 0 Å². The number of hydrogen-bond acceptors (Lipinski definition) is 1. The third-order valence-electron chi connectivity index (χ3n) is 4.43. The summed E-state index contributed by atoms with van der Waals surface area (Å²) in [6.07, 6.45) is 1.97. The van der Waals surface area contributed by atoms with Gasteiger partial charge in [-0.15, -0.1) is 0 Å². The predicted octanol–water partition coefficient (Wildman–Crippen LogP) is 6.39. The van der Waals surface area contributed by atoms with Crippen LogP contribution in [-0.2, 0) is 0 Å². The average Bonchev–Trinajstić information content (AvgIpc) is 2.69. The van der Waals surface area contributed by atoms with Crippen molar-refractivity contribution >= 4 is 0 Å². The Morgan fingerprint density at radius 2 is 1.08 bits per heavy atom. The molecule has 0 aliphatic carbocycles. The molecule has 0 aliphatic rings. The zero-order chi connectivity index (χ0) is 17.1. The van der Waals surface area contributed by atoms with Gasteiger partial charge >= 0.3 is 0 Å². The third-order valence-corrected chi connectivity index (χ3v) is 4.43. The third kappa shape index (κ3) is 3.22. The molecule has 0 radical (unpaired) electrons. The van der Waals surface area contributed by atoms with E-state index in [1.165, 1.54) is 22.3 Å². The van der Waals surface area contributed by atoms with Crippen molar-refractivity contribution in [3.05, 3.63) is 103 Å². The topological polar surface area (TPSA) is 12.9 Å². The molecule has 0 saturated carbocycles. The van der Waals surface area contributed by atoms with Gasteiger partial charge in [0.05, 0.1) is 5.69 Å². The zero-order valence-corrected chi connectivity index (χ0v) is 14.2. The molecule has 0 saturated heterocycles. The first-order chi connectivity index (χ1) is 12.3. The Balaban J connectivity index is 1.73. The highest BCUT2D eigenvalue weighted by Gasteiger charge is 2.07. The molecule has 0 N–H and O–H groups in total. The van der Waals surface area contributed by atoms with Crippen LogP contribution in [-0.4, -0.2) is 4.98 Å². The molecule has 0 aliphatic heterocycles. The lowest BCUT2D eigenvalue weighted by atomic mass is 9.98. The van der Waals surface area contributed by atoms with E-state index >= 15 is 0 Å². The first-order valence-corrected chi connectivity index (χ1v) is 8.49. The maximum Gasteiger partial charge on any atom is 0.0731 e. The molecule has 1 heterocycles. The van der Waals surface area contributed by atoms with Crippen molar-refractivity contribution in [2.45, 2.75) is 6.92 Å². The van der Waals surface area contributed by atoms with E-state index in [9.17, 15) is 0 Å². The Morgan fingerprint density at radius 3 is 1.72 bits per heavy atom. The first-order valence-electron chi connectivity index (χ1n) is 8.49. The number of hydrogen-bond donors (Lipinski definition) is 0.